The Hall–Kier alpha value is -0.0800. The minimum atomic E-state index is 0.357. The summed E-state index contributed by atoms with van der Waals surface area (Å²) in [6.45, 7) is 16.6. The third-order valence-corrected chi connectivity index (χ3v) is 3.87. The predicted molar refractivity (Wildman–Crippen MR) is 76.4 cm³/mol. The Morgan fingerprint density at radius 3 is 2.59 bits per heavy atom. The number of rotatable bonds is 5. The molecule has 2 unspecified atom stereocenters. The van der Waals surface area contributed by atoms with Gasteiger partial charge in [0.05, 0.1) is 0 Å². The molecule has 1 aliphatic rings. The quantitative estimate of drug-likeness (QED) is 0.794. The summed E-state index contributed by atoms with van der Waals surface area (Å²) in [5, 5.41) is 3.73. The van der Waals surface area contributed by atoms with Crippen LogP contribution in [0.5, 0.6) is 0 Å². The summed E-state index contributed by atoms with van der Waals surface area (Å²) in [4.78, 5) is 2.66. The van der Waals surface area contributed by atoms with Gasteiger partial charge in [-0.25, -0.2) is 0 Å². The molecule has 0 aromatic carbocycles. The lowest BCUT2D eigenvalue weighted by atomic mass is 9.85. The van der Waals surface area contributed by atoms with E-state index in [4.69, 9.17) is 0 Å². The van der Waals surface area contributed by atoms with Crippen LogP contribution in [0.3, 0.4) is 0 Å². The molecule has 0 aromatic rings. The Morgan fingerprint density at radius 2 is 2.06 bits per heavy atom. The largest absolute Gasteiger partial charge is 0.312 e. The van der Waals surface area contributed by atoms with Gasteiger partial charge in [0.1, 0.15) is 0 Å². The molecule has 0 bridgehead atoms. The van der Waals surface area contributed by atoms with E-state index in [0.717, 1.165) is 12.5 Å². The molecule has 1 aliphatic heterocycles. The molecular weight excluding hydrogens is 208 g/mol. The molecule has 1 heterocycles. The van der Waals surface area contributed by atoms with E-state index in [2.05, 4.69) is 44.8 Å². The molecule has 1 saturated heterocycles. The fourth-order valence-electron chi connectivity index (χ4n) is 2.67. The van der Waals surface area contributed by atoms with Crippen LogP contribution >= 0.6 is 0 Å². The van der Waals surface area contributed by atoms with Gasteiger partial charge in [-0.15, -0.1) is 0 Å². The van der Waals surface area contributed by atoms with Crippen molar-refractivity contribution in [2.75, 3.05) is 26.2 Å². The number of nitrogens with zero attached hydrogens (tertiary/aromatic N) is 1. The van der Waals surface area contributed by atoms with Crippen molar-refractivity contribution in [1.29, 1.82) is 0 Å². The van der Waals surface area contributed by atoms with Crippen LogP contribution in [0.2, 0.25) is 0 Å². The number of hydrogen-bond donors (Lipinski definition) is 1. The van der Waals surface area contributed by atoms with Crippen LogP contribution < -0.4 is 5.32 Å². The second kappa shape index (κ2) is 6.75. The van der Waals surface area contributed by atoms with Crippen molar-refractivity contribution in [1.82, 2.24) is 10.2 Å². The molecule has 1 N–H and O–H groups in total. The Labute approximate surface area is 108 Å². The molecule has 2 nitrogen and oxygen atoms in total. The number of hydrogen-bond acceptors (Lipinski definition) is 2. The summed E-state index contributed by atoms with van der Waals surface area (Å²) in [6, 6.07) is 0.618. The Balaban J connectivity index is 2.47. The topological polar surface area (TPSA) is 15.3 Å². The van der Waals surface area contributed by atoms with E-state index in [-0.39, 0.29) is 0 Å². The van der Waals surface area contributed by atoms with Gasteiger partial charge >= 0.3 is 0 Å². The molecule has 0 spiro atoms. The van der Waals surface area contributed by atoms with Crippen molar-refractivity contribution < 1.29 is 0 Å². The normalized spacial score (nSPS) is 24.9. The zero-order valence-corrected chi connectivity index (χ0v) is 12.6. The molecule has 0 saturated carbocycles. The Morgan fingerprint density at radius 1 is 1.35 bits per heavy atom. The summed E-state index contributed by atoms with van der Waals surface area (Å²) < 4.78 is 0. The summed E-state index contributed by atoms with van der Waals surface area (Å²) in [6.07, 6.45) is 4.02. The number of likely N-dealkylation sites (tertiary alicyclic amines) is 1. The van der Waals surface area contributed by atoms with Crippen molar-refractivity contribution in [3.8, 4) is 0 Å². The maximum Gasteiger partial charge on any atom is 0.0243 e. The first kappa shape index (κ1) is 15.0. The Bertz CT molecular complexity index is 207. The first-order valence-electron chi connectivity index (χ1n) is 7.39. The van der Waals surface area contributed by atoms with Crippen LogP contribution in [-0.4, -0.2) is 37.1 Å². The van der Waals surface area contributed by atoms with Gasteiger partial charge in [-0.05, 0) is 43.7 Å². The van der Waals surface area contributed by atoms with Crippen molar-refractivity contribution in [2.24, 2.45) is 11.3 Å². The van der Waals surface area contributed by atoms with Crippen LogP contribution in [0.15, 0.2) is 0 Å². The fourth-order valence-corrected chi connectivity index (χ4v) is 2.67. The van der Waals surface area contributed by atoms with Gasteiger partial charge in [-0.1, -0.05) is 34.6 Å². The SMILES string of the molecule is CCCNC(CN1CCCC(C)C1)C(C)(C)C. The van der Waals surface area contributed by atoms with E-state index >= 15 is 0 Å². The summed E-state index contributed by atoms with van der Waals surface area (Å²) in [7, 11) is 0. The minimum absolute atomic E-state index is 0.357. The zero-order valence-electron chi connectivity index (χ0n) is 12.6. The van der Waals surface area contributed by atoms with Crippen LogP contribution in [-0.2, 0) is 0 Å². The molecule has 2 atom stereocenters. The molecular formula is C15H32N2. The number of piperidine rings is 1. The molecule has 102 valence electrons. The predicted octanol–water partition coefficient (Wildman–Crippen LogP) is 3.13. The van der Waals surface area contributed by atoms with Gasteiger partial charge in [-0.3, -0.25) is 0 Å². The molecule has 0 aromatic heterocycles. The average molecular weight is 240 g/mol. The molecule has 0 aliphatic carbocycles. The highest BCUT2D eigenvalue weighted by Gasteiger charge is 2.27. The van der Waals surface area contributed by atoms with E-state index in [1.54, 1.807) is 0 Å². The van der Waals surface area contributed by atoms with Crippen LogP contribution in [0.4, 0.5) is 0 Å². The standard InChI is InChI=1S/C15H32N2/c1-6-9-16-14(15(3,4)5)12-17-10-7-8-13(2)11-17/h13-14,16H,6-12H2,1-5H3. The lowest BCUT2D eigenvalue weighted by molar-refractivity contribution is 0.130. The second-order valence-electron chi connectivity index (χ2n) is 6.88. The third-order valence-electron chi connectivity index (χ3n) is 3.87. The molecule has 2 heteroatoms. The van der Waals surface area contributed by atoms with Crippen LogP contribution in [0, 0.1) is 11.3 Å². The van der Waals surface area contributed by atoms with Gasteiger partial charge in [0.15, 0.2) is 0 Å². The van der Waals surface area contributed by atoms with Gasteiger partial charge in [-0.2, -0.15) is 0 Å². The first-order chi connectivity index (χ1) is 7.93. The van der Waals surface area contributed by atoms with E-state index < -0.39 is 0 Å². The fraction of sp³-hybridized carbons (Fsp3) is 1.00. The Kier molecular flexibility index (Phi) is 5.94. The zero-order chi connectivity index (χ0) is 12.9. The van der Waals surface area contributed by atoms with E-state index in [1.807, 2.05) is 0 Å². The van der Waals surface area contributed by atoms with E-state index in [0.29, 0.717) is 11.5 Å². The van der Waals surface area contributed by atoms with Gasteiger partial charge < -0.3 is 10.2 Å². The van der Waals surface area contributed by atoms with Crippen LogP contribution in [0.25, 0.3) is 0 Å². The highest BCUT2D eigenvalue weighted by Crippen LogP contribution is 2.23. The van der Waals surface area contributed by atoms with Crippen molar-refractivity contribution in [3.63, 3.8) is 0 Å². The third kappa shape index (κ3) is 5.39. The molecule has 1 rings (SSSR count). The highest BCUT2D eigenvalue weighted by atomic mass is 15.2. The maximum atomic E-state index is 3.73. The summed E-state index contributed by atoms with van der Waals surface area (Å²) in [5.74, 6) is 0.885. The number of nitrogens with one attached hydrogen (secondary N) is 1. The van der Waals surface area contributed by atoms with E-state index in [9.17, 15) is 0 Å². The van der Waals surface area contributed by atoms with E-state index in [1.165, 1.54) is 38.9 Å². The molecule has 0 radical (unpaired) electrons. The average Bonchev–Trinajstić information content (AvgIpc) is 2.22. The second-order valence-corrected chi connectivity index (χ2v) is 6.88. The van der Waals surface area contributed by atoms with Crippen molar-refractivity contribution >= 4 is 0 Å². The van der Waals surface area contributed by atoms with Gasteiger partial charge in [0, 0.05) is 19.1 Å². The van der Waals surface area contributed by atoms with Gasteiger partial charge in [0.2, 0.25) is 0 Å². The highest BCUT2D eigenvalue weighted by molar-refractivity contribution is 4.85. The summed E-state index contributed by atoms with van der Waals surface area (Å²) in [5.41, 5.74) is 0.357. The molecule has 0 amide bonds. The lowest BCUT2D eigenvalue weighted by Gasteiger charge is -2.39. The first-order valence-corrected chi connectivity index (χ1v) is 7.39. The summed E-state index contributed by atoms with van der Waals surface area (Å²) >= 11 is 0. The monoisotopic (exact) mass is 240 g/mol. The van der Waals surface area contributed by atoms with Crippen LogP contribution in [0.1, 0.15) is 53.9 Å². The molecule has 17 heavy (non-hydrogen) atoms. The lowest BCUT2D eigenvalue weighted by Crippen LogP contribution is -2.50. The van der Waals surface area contributed by atoms with Crippen molar-refractivity contribution in [2.45, 2.75) is 59.9 Å². The minimum Gasteiger partial charge on any atom is -0.312 e. The smallest absolute Gasteiger partial charge is 0.0243 e. The maximum absolute atomic E-state index is 3.73. The van der Waals surface area contributed by atoms with Gasteiger partial charge in [0.25, 0.3) is 0 Å². The molecule has 1 fully saturated rings. The van der Waals surface area contributed by atoms with Crippen molar-refractivity contribution in [3.05, 3.63) is 0 Å².